The van der Waals surface area contributed by atoms with Crippen molar-refractivity contribution in [2.45, 2.75) is 45.4 Å². The largest absolute Gasteiger partial charge is 0.481 e. The summed E-state index contributed by atoms with van der Waals surface area (Å²) in [4.78, 5) is 38.9. The molecule has 1 fully saturated rings. The predicted octanol–water partition coefficient (Wildman–Crippen LogP) is 2.93. The van der Waals surface area contributed by atoms with Crippen molar-refractivity contribution in [3.8, 4) is 0 Å². The number of aliphatic carboxylic acids is 2. The van der Waals surface area contributed by atoms with Crippen LogP contribution in [0.3, 0.4) is 0 Å². The lowest BCUT2D eigenvalue weighted by atomic mass is 10.0. The Balaban J connectivity index is 1.86. The van der Waals surface area contributed by atoms with Crippen molar-refractivity contribution in [2.75, 3.05) is 26.2 Å². The van der Waals surface area contributed by atoms with Crippen LogP contribution in [0.2, 0.25) is 0 Å². The minimum absolute atomic E-state index is 0.0913. The Morgan fingerprint density at radius 3 is 2.34 bits per heavy atom. The molecule has 32 heavy (non-hydrogen) atoms. The van der Waals surface area contributed by atoms with Crippen LogP contribution in [0.1, 0.15) is 38.8 Å². The first-order chi connectivity index (χ1) is 15.0. The van der Waals surface area contributed by atoms with Crippen molar-refractivity contribution < 1.29 is 33.7 Å². The van der Waals surface area contributed by atoms with Crippen LogP contribution in [0, 0.1) is 5.82 Å². The molecular weight excluding hydrogens is 421 g/mol. The molecule has 1 atom stereocenters. The summed E-state index contributed by atoms with van der Waals surface area (Å²) in [6.45, 7) is 6.70. The summed E-state index contributed by atoms with van der Waals surface area (Å²) in [5.74, 6) is -2.56. The van der Waals surface area contributed by atoms with E-state index < -0.39 is 35.5 Å². The minimum atomic E-state index is -1.07. The molecule has 0 bridgehead atoms. The van der Waals surface area contributed by atoms with E-state index in [1.54, 1.807) is 41.3 Å². The van der Waals surface area contributed by atoms with E-state index in [-0.39, 0.29) is 13.0 Å². The third-order valence-electron chi connectivity index (χ3n) is 5.30. The number of carboxylic acid groups (broad SMARTS) is 2. The van der Waals surface area contributed by atoms with Crippen molar-refractivity contribution in [1.29, 1.82) is 0 Å². The van der Waals surface area contributed by atoms with Crippen LogP contribution in [0.5, 0.6) is 0 Å². The Labute approximate surface area is 185 Å². The number of aromatic nitrogens is 1. The van der Waals surface area contributed by atoms with E-state index in [2.05, 4.69) is 0 Å². The van der Waals surface area contributed by atoms with E-state index >= 15 is 0 Å². The van der Waals surface area contributed by atoms with Gasteiger partial charge in [-0.2, -0.15) is 0 Å². The Hall–Kier alpha value is -3.14. The number of rotatable bonds is 6. The molecule has 0 saturated carbocycles. The first kappa shape index (κ1) is 23.5. The topological polar surface area (TPSA) is 112 Å². The number of benzene rings is 1. The fourth-order valence-electron chi connectivity index (χ4n) is 3.89. The number of ether oxygens (including phenoxy) is 1. The number of hydrogen-bond donors (Lipinski definition) is 2. The molecule has 0 aliphatic carbocycles. The van der Waals surface area contributed by atoms with E-state index in [0.29, 0.717) is 42.6 Å². The average molecular weight is 449 g/mol. The zero-order valence-corrected chi connectivity index (χ0v) is 18.4. The van der Waals surface area contributed by atoms with Gasteiger partial charge in [0, 0.05) is 49.9 Å². The molecular formula is C22H28FN3O6. The Morgan fingerprint density at radius 2 is 1.78 bits per heavy atom. The maximum Gasteiger partial charge on any atom is 0.410 e. The van der Waals surface area contributed by atoms with Gasteiger partial charge in [0.25, 0.3) is 0 Å². The normalized spacial score (nSPS) is 16.2. The van der Waals surface area contributed by atoms with Gasteiger partial charge < -0.3 is 24.4 Å². The summed E-state index contributed by atoms with van der Waals surface area (Å²) in [6, 6.07) is 3.03. The molecule has 1 aromatic heterocycles. The molecule has 0 spiro atoms. The maximum absolute atomic E-state index is 13.9. The second-order valence-electron chi connectivity index (χ2n) is 8.83. The van der Waals surface area contributed by atoms with Gasteiger partial charge in [0.1, 0.15) is 17.5 Å². The average Bonchev–Trinajstić information content (AvgIpc) is 3.03. The molecule has 1 aromatic carbocycles. The lowest BCUT2D eigenvalue weighted by Gasteiger charge is -2.38. The number of carboxylic acids is 2. The minimum Gasteiger partial charge on any atom is -0.481 e. The van der Waals surface area contributed by atoms with Gasteiger partial charge in [0.15, 0.2) is 0 Å². The zero-order valence-electron chi connectivity index (χ0n) is 18.4. The van der Waals surface area contributed by atoms with Crippen molar-refractivity contribution in [3.05, 3.63) is 35.8 Å². The molecule has 2 heterocycles. The number of carbonyl (C=O) groups excluding carboxylic acids is 1. The summed E-state index contributed by atoms with van der Waals surface area (Å²) < 4.78 is 20.8. The number of aryl methyl sites for hydroxylation is 1. The molecule has 1 amide bonds. The van der Waals surface area contributed by atoms with E-state index in [4.69, 9.17) is 9.84 Å². The number of hydrogen-bond acceptors (Lipinski definition) is 5. The van der Waals surface area contributed by atoms with Crippen molar-refractivity contribution in [1.82, 2.24) is 14.4 Å². The predicted molar refractivity (Wildman–Crippen MR) is 114 cm³/mol. The number of nitrogens with zero attached hydrogens (tertiary/aromatic N) is 3. The molecule has 10 heteroatoms. The lowest BCUT2D eigenvalue weighted by Crippen LogP contribution is -2.51. The monoisotopic (exact) mass is 449 g/mol. The Kier molecular flexibility index (Phi) is 6.73. The van der Waals surface area contributed by atoms with Gasteiger partial charge in [0.05, 0.1) is 11.9 Å². The summed E-state index contributed by atoms with van der Waals surface area (Å²) >= 11 is 0. The van der Waals surface area contributed by atoms with Crippen LogP contribution in [-0.2, 0) is 20.9 Å². The Bertz CT molecular complexity index is 1020. The molecule has 3 rings (SSSR count). The fourth-order valence-corrected chi connectivity index (χ4v) is 3.89. The van der Waals surface area contributed by atoms with Gasteiger partial charge in [-0.05, 0) is 39.0 Å². The third kappa shape index (κ3) is 5.37. The first-order valence-corrected chi connectivity index (χ1v) is 10.4. The second kappa shape index (κ2) is 9.15. The van der Waals surface area contributed by atoms with Gasteiger partial charge in [-0.25, -0.2) is 9.18 Å². The molecule has 2 N–H and O–H groups in total. The highest BCUT2D eigenvalue weighted by Crippen LogP contribution is 2.32. The van der Waals surface area contributed by atoms with Crippen LogP contribution < -0.4 is 0 Å². The van der Waals surface area contributed by atoms with Gasteiger partial charge in [-0.15, -0.1) is 0 Å². The van der Waals surface area contributed by atoms with Crippen LogP contribution in [0.15, 0.2) is 24.4 Å². The molecule has 1 saturated heterocycles. The lowest BCUT2D eigenvalue weighted by molar-refractivity contribution is -0.144. The van der Waals surface area contributed by atoms with E-state index in [9.17, 15) is 23.9 Å². The SMILES string of the molecule is CC(C)(C)OC(=O)N1CCN([C@H](C(=O)O)c2cn(CCC(=O)O)c3cc(F)ccc23)CC1. The van der Waals surface area contributed by atoms with Crippen LogP contribution in [0.25, 0.3) is 10.9 Å². The summed E-state index contributed by atoms with van der Waals surface area (Å²) in [5, 5.41) is 19.6. The summed E-state index contributed by atoms with van der Waals surface area (Å²) in [6.07, 6.45) is 0.975. The summed E-state index contributed by atoms with van der Waals surface area (Å²) in [7, 11) is 0. The molecule has 2 aromatic rings. The highest BCUT2D eigenvalue weighted by molar-refractivity contribution is 5.90. The highest BCUT2D eigenvalue weighted by atomic mass is 19.1. The third-order valence-corrected chi connectivity index (χ3v) is 5.30. The molecule has 1 aliphatic rings. The Morgan fingerprint density at radius 1 is 1.12 bits per heavy atom. The standard InChI is InChI=1S/C22H28FN3O6/c1-22(2,3)32-21(31)25-10-8-24(9-11-25)19(20(29)30)16-13-26(7-6-18(27)28)17-12-14(23)4-5-15(16)17/h4-5,12-13,19H,6-11H2,1-3H3,(H,27,28)(H,29,30)/t19-/m0/s1. The molecule has 0 unspecified atom stereocenters. The zero-order chi connectivity index (χ0) is 23.6. The molecule has 174 valence electrons. The molecule has 0 radical (unpaired) electrons. The number of fused-ring (bicyclic) bond motifs is 1. The first-order valence-electron chi connectivity index (χ1n) is 10.4. The smallest absolute Gasteiger partial charge is 0.410 e. The van der Waals surface area contributed by atoms with Gasteiger partial charge >= 0.3 is 18.0 Å². The van der Waals surface area contributed by atoms with Gasteiger partial charge in [-0.3, -0.25) is 14.5 Å². The number of piperazine rings is 1. The quantitative estimate of drug-likeness (QED) is 0.697. The van der Waals surface area contributed by atoms with Gasteiger partial charge in [-0.1, -0.05) is 0 Å². The maximum atomic E-state index is 13.9. The van der Waals surface area contributed by atoms with Crippen molar-refractivity contribution >= 4 is 28.9 Å². The second-order valence-corrected chi connectivity index (χ2v) is 8.83. The van der Waals surface area contributed by atoms with Crippen LogP contribution >= 0.6 is 0 Å². The van der Waals surface area contributed by atoms with Crippen LogP contribution in [-0.4, -0.2) is 74.4 Å². The molecule has 1 aliphatic heterocycles. The molecule has 9 nitrogen and oxygen atoms in total. The number of halogens is 1. The van der Waals surface area contributed by atoms with Crippen molar-refractivity contribution in [2.24, 2.45) is 0 Å². The van der Waals surface area contributed by atoms with E-state index in [1.165, 1.54) is 18.2 Å². The van der Waals surface area contributed by atoms with Gasteiger partial charge in [0.2, 0.25) is 0 Å². The summed E-state index contributed by atoms with van der Waals surface area (Å²) in [5.41, 5.74) is 0.286. The van der Waals surface area contributed by atoms with E-state index in [0.717, 1.165) is 0 Å². The van der Waals surface area contributed by atoms with Crippen LogP contribution in [0.4, 0.5) is 9.18 Å². The van der Waals surface area contributed by atoms with E-state index in [1.807, 2.05) is 0 Å². The number of carbonyl (C=O) groups is 3. The highest BCUT2D eigenvalue weighted by Gasteiger charge is 2.34. The number of amides is 1. The fraction of sp³-hybridized carbons (Fsp3) is 0.500. The van der Waals surface area contributed by atoms with Crippen molar-refractivity contribution in [3.63, 3.8) is 0 Å².